The van der Waals surface area contributed by atoms with Crippen molar-refractivity contribution in [1.29, 1.82) is 0 Å². The zero-order valence-electron chi connectivity index (χ0n) is 19.0. The molecule has 2 aliphatic carbocycles. The van der Waals surface area contributed by atoms with E-state index < -0.39 is 0 Å². The summed E-state index contributed by atoms with van der Waals surface area (Å²) in [5.74, 6) is 10.4. The van der Waals surface area contributed by atoms with E-state index in [0.29, 0.717) is 0 Å². The van der Waals surface area contributed by atoms with Gasteiger partial charge in [-0.2, -0.15) is 0 Å². The number of aryl methyl sites for hydroxylation is 1. The number of allylic oxidation sites excluding steroid dienone is 2. The molecule has 0 spiro atoms. The topological polar surface area (TPSA) is 0 Å². The Kier molecular flexibility index (Phi) is 9.40. The second-order valence-corrected chi connectivity index (χ2v) is 9.67. The van der Waals surface area contributed by atoms with Crippen LogP contribution in [0.15, 0.2) is 36.4 Å². The van der Waals surface area contributed by atoms with E-state index >= 15 is 0 Å². The number of unbranched alkanes of at least 4 members (excludes halogenated alkanes) is 1. The molecular formula is C29H42. The molecular weight excluding hydrogens is 348 g/mol. The number of rotatable bonds is 7. The molecule has 2 saturated carbocycles. The molecule has 0 nitrogen and oxygen atoms in total. The lowest BCUT2D eigenvalue weighted by atomic mass is 9.68. The summed E-state index contributed by atoms with van der Waals surface area (Å²) in [6.45, 7) is 4.56. The van der Waals surface area contributed by atoms with Crippen LogP contribution in [0.3, 0.4) is 0 Å². The SMILES string of the molecule is CCCCC1CCC(C2CCC(/C=C/C#Cc3ccc(CCC)cc3)CC2)CC1. The van der Waals surface area contributed by atoms with Crippen LogP contribution in [0.2, 0.25) is 0 Å². The Bertz CT molecular complexity index is 652. The maximum absolute atomic E-state index is 3.30. The third-order valence-corrected chi connectivity index (χ3v) is 7.50. The van der Waals surface area contributed by atoms with Gasteiger partial charge in [0, 0.05) is 5.56 Å². The van der Waals surface area contributed by atoms with Gasteiger partial charge in [0.2, 0.25) is 0 Å². The van der Waals surface area contributed by atoms with Crippen molar-refractivity contribution >= 4 is 0 Å². The number of benzene rings is 1. The number of hydrogen-bond donors (Lipinski definition) is 0. The highest BCUT2D eigenvalue weighted by Gasteiger charge is 2.30. The van der Waals surface area contributed by atoms with Gasteiger partial charge in [-0.1, -0.05) is 82.4 Å². The van der Waals surface area contributed by atoms with Gasteiger partial charge in [-0.3, -0.25) is 0 Å². The minimum Gasteiger partial charge on any atom is -0.0730 e. The highest BCUT2D eigenvalue weighted by molar-refractivity contribution is 5.38. The Morgan fingerprint density at radius 2 is 1.48 bits per heavy atom. The van der Waals surface area contributed by atoms with Crippen LogP contribution in [0.1, 0.15) is 102 Å². The van der Waals surface area contributed by atoms with E-state index in [-0.39, 0.29) is 0 Å². The minimum atomic E-state index is 0.758. The van der Waals surface area contributed by atoms with E-state index in [1.165, 1.54) is 82.6 Å². The summed E-state index contributed by atoms with van der Waals surface area (Å²) < 4.78 is 0. The molecule has 0 bridgehead atoms. The van der Waals surface area contributed by atoms with Gasteiger partial charge in [0.25, 0.3) is 0 Å². The van der Waals surface area contributed by atoms with Crippen LogP contribution in [-0.4, -0.2) is 0 Å². The van der Waals surface area contributed by atoms with Crippen molar-refractivity contribution in [2.75, 3.05) is 0 Å². The van der Waals surface area contributed by atoms with Gasteiger partial charge >= 0.3 is 0 Å². The molecule has 0 heterocycles. The Labute approximate surface area is 180 Å². The second kappa shape index (κ2) is 12.3. The highest BCUT2D eigenvalue weighted by atomic mass is 14.4. The second-order valence-electron chi connectivity index (χ2n) is 9.67. The van der Waals surface area contributed by atoms with Crippen molar-refractivity contribution in [3.8, 4) is 11.8 Å². The number of hydrogen-bond acceptors (Lipinski definition) is 0. The summed E-state index contributed by atoms with van der Waals surface area (Å²) in [5.41, 5.74) is 2.55. The lowest BCUT2D eigenvalue weighted by Gasteiger charge is -2.37. The Balaban J connectivity index is 1.37. The maximum atomic E-state index is 3.30. The third-order valence-electron chi connectivity index (χ3n) is 7.50. The fourth-order valence-electron chi connectivity index (χ4n) is 5.60. The lowest BCUT2D eigenvalue weighted by molar-refractivity contribution is 0.152. The molecule has 1 aromatic carbocycles. The first kappa shape index (κ1) is 22.2. The summed E-state index contributed by atoms with van der Waals surface area (Å²) >= 11 is 0. The van der Waals surface area contributed by atoms with Gasteiger partial charge in [0.15, 0.2) is 0 Å². The van der Waals surface area contributed by atoms with Crippen molar-refractivity contribution in [3.63, 3.8) is 0 Å². The molecule has 0 amide bonds. The fraction of sp³-hybridized carbons (Fsp3) is 0.655. The average molecular weight is 391 g/mol. The summed E-state index contributed by atoms with van der Waals surface area (Å²) in [6, 6.07) is 8.76. The highest BCUT2D eigenvalue weighted by Crippen LogP contribution is 2.42. The molecule has 3 rings (SSSR count). The van der Waals surface area contributed by atoms with Gasteiger partial charge in [-0.15, -0.1) is 0 Å². The normalized spacial score (nSPS) is 27.5. The standard InChI is InChI=1S/C29H42/c1-3-5-9-25-16-20-28(21-17-25)29-22-18-27(19-23-29)11-7-6-10-26-14-12-24(8-4-2)13-15-26/h7,11-15,25,27-29H,3-5,8-9,16-23H2,1-2H3/b11-7+. The quantitative estimate of drug-likeness (QED) is 0.410. The Morgan fingerprint density at radius 3 is 2.10 bits per heavy atom. The lowest BCUT2D eigenvalue weighted by Crippen LogP contribution is -2.25. The van der Waals surface area contributed by atoms with Gasteiger partial charge in [-0.05, 0) is 92.4 Å². The summed E-state index contributed by atoms with van der Waals surface area (Å²) in [7, 11) is 0. The van der Waals surface area contributed by atoms with Crippen molar-refractivity contribution in [1.82, 2.24) is 0 Å². The van der Waals surface area contributed by atoms with E-state index in [2.05, 4.69) is 62.1 Å². The Morgan fingerprint density at radius 1 is 0.828 bits per heavy atom. The van der Waals surface area contributed by atoms with Crippen LogP contribution in [0, 0.1) is 35.5 Å². The molecule has 0 atom stereocenters. The molecule has 158 valence electrons. The fourth-order valence-corrected chi connectivity index (χ4v) is 5.60. The van der Waals surface area contributed by atoms with Crippen LogP contribution in [-0.2, 0) is 6.42 Å². The van der Waals surface area contributed by atoms with E-state index in [0.717, 1.165) is 35.7 Å². The molecule has 0 aromatic heterocycles. The molecule has 0 saturated heterocycles. The molecule has 1 aromatic rings. The van der Waals surface area contributed by atoms with Crippen molar-refractivity contribution in [2.24, 2.45) is 23.7 Å². The molecule has 2 fully saturated rings. The largest absolute Gasteiger partial charge is 0.0730 e. The first-order valence-electron chi connectivity index (χ1n) is 12.6. The van der Waals surface area contributed by atoms with Crippen LogP contribution in [0.4, 0.5) is 0 Å². The van der Waals surface area contributed by atoms with Crippen molar-refractivity contribution in [3.05, 3.63) is 47.5 Å². The van der Waals surface area contributed by atoms with Crippen molar-refractivity contribution < 1.29 is 0 Å². The molecule has 0 unspecified atom stereocenters. The van der Waals surface area contributed by atoms with Gasteiger partial charge in [0.1, 0.15) is 0 Å². The predicted octanol–water partition coefficient (Wildman–Crippen LogP) is 8.35. The van der Waals surface area contributed by atoms with Gasteiger partial charge < -0.3 is 0 Å². The monoisotopic (exact) mass is 390 g/mol. The molecule has 0 aliphatic heterocycles. The van der Waals surface area contributed by atoms with Gasteiger partial charge in [-0.25, -0.2) is 0 Å². The van der Waals surface area contributed by atoms with Crippen LogP contribution < -0.4 is 0 Å². The van der Waals surface area contributed by atoms with Crippen molar-refractivity contribution in [2.45, 2.75) is 97.3 Å². The smallest absolute Gasteiger partial charge is 0.0249 e. The van der Waals surface area contributed by atoms with E-state index in [9.17, 15) is 0 Å². The first-order chi connectivity index (χ1) is 14.3. The van der Waals surface area contributed by atoms with Crippen LogP contribution >= 0.6 is 0 Å². The zero-order chi connectivity index (χ0) is 20.3. The summed E-state index contributed by atoms with van der Waals surface area (Å²) in [4.78, 5) is 0. The van der Waals surface area contributed by atoms with E-state index in [1.807, 2.05) is 0 Å². The first-order valence-corrected chi connectivity index (χ1v) is 12.6. The third kappa shape index (κ3) is 7.37. The molecule has 0 heteroatoms. The summed E-state index contributed by atoms with van der Waals surface area (Å²) in [6.07, 6.45) is 22.9. The van der Waals surface area contributed by atoms with Crippen LogP contribution in [0.25, 0.3) is 0 Å². The van der Waals surface area contributed by atoms with E-state index in [4.69, 9.17) is 0 Å². The predicted molar refractivity (Wildman–Crippen MR) is 127 cm³/mol. The Hall–Kier alpha value is -1.48. The molecule has 2 aliphatic rings. The van der Waals surface area contributed by atoms with E-state index in [1.54, 1.807) is 0 Å². The molecule has 0 N–H and O–H groups in total. The minimum absolute atomic E-state index is 0.758. The zero-order valence-corrected chi connectivity index (χ0v) is 19.0. The summed E-state index contributed by atoms with van der Waals surface area (Å²) in [5, 5.41) is 0. The van der Waals surface area contributed by atoms with Gasteiger partial charge in [0.05, 0.1) is 0 Å². The van der Waals surface area contributed by atoms with Crippen LogP contribution in [0.5, 0.6) is 0 Å². The molecule has 0 radical (unpaired) electrons. The average Bonchev–Trinajstić information content (AvgIpc) is 2.77. The molecule has 29 heavy (non-hydrogen) atoms. The maximum Gasteiger partial charge on any atom is 0.0249 e.